The van der Waals surface area contributed by atoms with Gasteiger partial charge in [0.05, 0.1) is 0 Å². The van der Waals surface area contributed by atoms with Gasteiger partial charge >= 0.3 is 0 Å². The molecule has 1 N–H and O–H groups in total. The maximum absolute atomic E-state index is 3.50. The molecule has 0 aliphatic heterocycles. The number of hydrogen-bond donors (Lipinski definition) is 1. The third-order valence-corrected chi connectivity index (χ3v) is 2.76. The van der Waals surface area contributed by atoms with Gasteiger partial charge in [-0.05, 0) is 35.4 Å². The van der Waals surface area contributed by atoms with E-state index in [2.05, 4.69) is 64.2 Å². The van der Waals surface area contributed by atoms with E-state index in [1.807, 2.05) is 0 Å². The first-order valence-electron chi connectivity index (χ1n) is 6.22. The molecule has 1 rings (SSSR count). The van der Waals surface area contributed by atoms with E-state index in [1.165, 1.54) is 17.7 Å². The molecule has 16 heavy (non-hydrogen) atoms. The minimum Gasteiger partial charge on any atom is -0.385 e. The molecule has 0 radical (unpaired) electrons. The lowest BCUT2D eigenvalue weighted by Gasteiger charge is -2.19. The molecular weight excluding hydrogens is 194 g/mol. The third-order valence-electron chi connectivity index (χ3n) is 2.76. The Hall–Kier alpha value is -0.980. The SMILES string of the molecule is CC(C)c1cccc(NCCC(C)(C)C)c1. The van der Waals surface area contributed by atoms with E-state index < -0.39 is 0 Å². The Morgan fingerprint density at radius 3 is 2.44 bits per heavy atom. The topological polar surface area (TPSA) is 12.0 Å². The zero-order valence-corrected chi connectivity index (χ0v) is 11.3. The second-order valence-corrected chi connectivity index (χ2v) is 6.02. The van der Waals surface area contributed by atoms with E-state index in [1.54, 1.807) is 0 Å². The Kier molecular flexibility index (Phi) is 4.40. The molecule has 0 aliphatic rings. The van der Waals surface area contributed by atoms with E-state index >= 15 is 0 Å². The van der Waals surface area contributed by atoms with Crippen molar-refractivity contribution in [1.29, 1.82) is 0 Å². The minimum atomic E-state index is 0.405. The Labute approximate surface area is 100 Å². The second kappa shape index (κ2) is 5.38. The Morgan fingerprint density at radius 2 is 1.88 bits per heavy atom. The van der Waals surface area contributed by atoms with Crippen molar-refractivity contribution >= 4 is 5.69 Å². The predicted molar refractivity (Wildman–Crippen MR) is 73.1 cm³/mol. The number of hydrogen-bond acceptors (Lipinski definition) is 1. The minimum absolute atomic E-state index is 0.405. The number of benzene rings is 1. The molecule has 1 aromatic rings. The lowest BCUT2D eigenvalue weighted by Crippen LogP contribution is -2.12. The summed E-state index contributed by atoms with van der Waals surface area (Å²) in [4.78, 5) is 0. The Morgan fingerprint density at radius 1 is 1.19 bits per heavy atom. The number of anilines is 1. The first-order valence-corrected chi connectivity index (χ1v) is 6.22. The molecule has 0 fully saturated rings. The molecular formula is C15H25N. The summed E-state index contributed by atoms with van der Waals surface area (Å²) in [6.45, 7) is 12.3. The van der Waals surface area contributed by atoms with Crippen molar-refractivity contribution in [2.24, 2.45) is 5.41 Å². The molecule has 0 unspecified atom stereocenters. The van der Waals surface area contributed by atoms with Crippen LogP contribution < -0.4 is 5.32 Å². The Bertz CT molecular complexity index is 320. The van der Waals surface area contributed by atoms with E-state index in [0.29, 0.717) is 11.3 Å². The van der Waals surface area contributed by atoms with Crippen molar-refractivity contribution in [1.82, 2.24) is 0 Å². The van der Waals surface area contributed by atoms with E-state index in [-0.39, 0.29) is 0 Å². The molecule has 0 aromatic heterocycles. The molecule has 0 atom stereocenters. The summed E-state index contributed by atoms with van der Waals surface area (Å²) < 4.78 is 0. The molecule has 1 heteroatoms. The van der Waals surface area contributed by atoms with Crippen LogP contribution in [0.2, 0.25) is 0 Å². The van der Waals surface area contributed by atoms with Crippen molar-refractivity contribution in [3.63, 3.8) is 0 Å². The van der Waals surface area contributed by atoms with Gasteiger partial charge in [0.2, 0.25) is 0 Å². The molecule has 0 saturated carbocycles. The zero-order valence-electron chi connectivity index (χ0n) is 11.3. The van der Waals surface area contributed by atoms with Crippen molar-refractivity contribution in [3.05, 3.63) is 29.8 Å². The largest absolute Gasteiger partial charge is 0.385 e. The summed E-state index contributed by atoms with van der Waals surface area (Å²) in [5.41, 5.74) is 3.05. The molecule has 0 aliphatic carbocycles. The summed E-state index contributed by atoms with van der Waals surface area (Å²) in [6, 6.07) is 8.73. The van der Waals surface area contributed by atoms with Crippen LogP contribution in [0.4, 0.5) is 5.69 Å². The van der Waals surface area contributed by atoms with Crippen LogP contribution in [0.25, 0.3) is 0 Å². The van der Waals surface area contributed by atoms with Crippen LogP contribution in [0.3, 0.4) is 0 Å². The van der Waals surface area contributed by atoms with Gasteiger partial charge in [-0.1, -0.05) is 46.8 Å². The van der Waals surface area contributed by atoms with E-state index in [9.17, 15) is 0 Å². The quantitative estimate of drug-likeness (QED) is 0.776. The summed E-state index contributed by atoms with van der Waals surface area (Å²) in [5.74, 6) is 0.601. The molecule has 0 amide bonds. The van der Waals surface area contributed by atoms with Gasteiger partial charge in [-0.15, -0.1) is 0 Å². The third kappa shape index (κ3) is 4.69. The van der Waals surface area contributed by atoms with Crippen molar-refractivity contribution < 1.29 is 0 Å². The molecule has 1 nitrogen and oxygen atoms in total. The van der Waals surface area contributed by atoms with Crippen LogP contribution in [0, 0.1) is 5.41 Å². The summed E-state index contributed by atoms with van der Waals surface area (Å²) in [5, 5.41) is 3.50. The molecule has 90 valence electrons. The average Bonchev–Trinajstić information content (AvgIpc) is 2.16. The van der Waals surface area contributed by atoms with Crippen LogP contribution in [-0.4, -0.2) is 6.54 Å². The van der Waals surface area contributed by atoms with Gasteiger partial charge in [-0.25, -0.2) is 0 Å². The molecule has 0 bridgehead atoms. The fourth-order valence-electron chi connectivity index (χ4n) is 1.59. The Balaban J connectivity index is 2.51. The van der Waals surface area contributed by atoms with Gasteiger partial charge in [0.15, 0.2) is 0 Å². The van der Waals surface area contributed by atoms with Crippen molar-refractivity contribution in [3.8, 4) is 0 Å². The van der Waals surface area contributed by atoms with Crippen LogP contribution in [0.5, 0.6) is 0 Å². The fraction of sp³-hybridized carbons (Fsp3) is 0.600. The highest BCUT2D eigenvalue weighted by molar-refractivity contribution is 5.46. The average molecular weight is 219 g/mol. The fourth-order valence-corrected chi connectivity index (χ4v) is 1.59. The van der Waals surface area contributed by atoms with Gasteiger partial charge in [-0.3, -0.25) is 0 Å². The van der Waals surface area contributed by atoms with E-state index in [0.717, 1.165) is 6.54 Å². The molecule has 0 spiro atoms. The first kappa shape index (κ1) is 13.1. The highest BCUT2D eigenvalue weighted by Gasteiger charge is 2.09. The van der Waals surface area contributed by atoms with E-state index in [4.69, 9.17) is 0 Å². The highest BCUT2D eigenvalue weighted by Crippen LogP contribution is 2.21. The normalized spacial score (nSPS) is 11.9. The van der Waals surface area contributed by atoms with Crippen molar-refractivity contribution in [2.45, 2.75) is 47.0 Å². The lowest BCUT2D eigenvalue weighted by atomic mass is 9.92. The first-order chi connectivity index (χ1) is 7.38. The van der Waals surface area contributed by atoms with Gasteiger partial charge in [0.25, 0.3) is 0 Å². The standard InChI is InChI=1S/C15H25N/c1-12(2)13-7-6-8-14(11-13)16-10-9-15(3,4)5/h6-8,11-12,16H,9-10H2,1-5H3. The maximum Gasteiger partial charge on any atom is 0.0343 e. The molecule has 0 heterocycles. The number of nitrogens with one attached hydrogen (secondary N) is 1. The van der Waals surface area contributed by atoms with Crippen LogP contribution in [0.1, 0.15) is 52.5 Å². The molecule has 0 saturated heterocycles. The smallest absolute Gasteiger partial charge is 0.0343 e. The highest BCUT2D eigenvalue weighted by atomic mass is 14.9. The van der Waals surface area contributed by atoms with Crippen LogP contribution in [0.15, 0.2) is 24.3 Å². The van der Waals surface area contributed by atoms with Crippen LogP contribution in [-0.2, 0) is 0 Å². The molecule has 1 aromatic carbocycles. The lowest BCUT2D eigenvalue weighted by molar-refractivity contribution is 0.390. The van der Waals surface area contributed by atoms with Gasteiger partial charge in [0, 0.05) is 12.2 Å². The maximum atomic E-state index is 3.50. The van der Waals surface area contributed by atoms with Gasteiger partial charge in [0.1, 0.15) is 0 Å². The summed E-state index contributed by atoms with van der Waals surface area (Å²) in [7, 11) is 0. The van der Waals surface area contributed by atoms with Crippen molar-refractivity contribution in [2.75, 3.05) is 11.9 Å². The zero-order chi connectivity index (χ0) is 12.2. The van der Waals surface area contributed by atoms with Gasteiger partial charge < -0.3 is 5.32 Å². The monoisotopic (exact) mass is 219 g/mol. The second-order valence-electron chi connectivity index (χ2n) is 6.02. The van der Waals surface area contributed by atoms with Crippen LogP contribution >= 0.6 is 0 Å². The summed E-state index contributed by atoms with van der Waals surface area (Å²) in [6.07, 6.45) is 1.19. The van der Waals surface area contributed by atoms with Gasteiger partial charge in [-0.2, -0.15) is 0 Å². The predicted octanol–water partition coefficient (Wildman–Crippen LogP) is 4.66. The summed E-state index contributed by atoms with van der Waals surface area (Å²) >= 11 is 0. The number of rotatable bonds is 4.